The number of urea groups is 1. The average Bonchev–Trinajstić information content (AvgIpc) is 2.79. The first-order chi connectivity index (χ1) is 9.60. The molecule has 0 saturated carbocycles. The van der Waals surface area contributed by atoms with Gasteiger partial charge in [-0.25, -0.2) is 4.79 Å². The lowest BCUT2D eigenvalue weighted by molar-refractivity contribution is 0.197. The zero-order valence-corrected chi connectivity index (χ0v) is 11.7. The molecule has 0 bridgehead atoms. The van der Waals surface area contributed by atoms with Crippen LogP contribution in [0.4, 0.5) is 16.2 Å². The number of hydrogen-bond donors (Lipinski definition) is 3. The molecule has 6 nitrogen and oxygen atoms in total. The molecule has 0 aromatic heterocycles. The Balaban J connectivity index is 1.91. The highest BCUT2D eigenvalue weighted by molar-refractivity contribution is 6.31. The van der Waals surface area contributed by atoms with E-state index in [1.54, 1.807) is 6.07 Å². The lowest BCUT2D eigenvalue weighted by Gasteiger charge is -2.38. The van der Waals surface area contributed by atoms with E-state index in [-0.39, 0.29) is 12.1 Å². The Morgan fingerprint density at radius 2 is 2.25 bits per heavy atom. The normalized spacial score (nSPS) is 21.6. The number of hydrogen-bond acceptors (Lipinski definition) is 4. The topological polar surface area (TPSA) is 85.5 Å². The number of carbonyl (C=O) groups excluding carboxylic acids is 1. The number of fused-ring (bicyclic) bond motifs is 1. The van der Waals surface area contributed by atoms with Gasteiger partial charge < -0.3 is 26.3 Å². The van der Waals surface area contributed by atoms with Crippen molar-refractivity contribution in [3.63, 3.8) is 0 Å². The Morgan fingerprint density at radius 3 is 3.00 bits per heavy atom. The maximum atomic E-state index is 11.6. The Labute approximate surface area is 122 Å². The quantitative estimate of drug-likeness (QED) is 0.564. The second-order valence-electron chi connectivity index (χ2n) is 5.05. The number of nitrogens with zero attached hydrogens (tertiary/aromatic N) is 2. The zero-order valence-electron chi connectivity index (χ0n) is 10.9. The number of carbonyl (C=O) groups is 1. The van der Waals surface area contributed by atoms with Crippen molar-refractivity contribution in [3.05, 3.63) is 22.7 Å². The molecule has 1 atom stereocenters. The van der Waals surface area contributed by atoms with E-state index in [2.05, 4.69) is 10.2 Å². The lowest BCUT2D eigenvalue weighted by Crippen LogP contribution is -2.52. The minimum atomic E-state index is 0.00698. The van der Waals surface area contributed by atoms with E-state index in [1.807, 2.05) is 11.0 Å². The molecular weight excluding hydrogens is 278 g/mol. The molecule has 7 heteroatoms. The third kappa shape index (κ3) is 2.06. The predicted octanol–water partition coefficient (Wildman–Crippen LogP) is 1.13. The van der Waals surface area contributed by atoms with Crippen LogP contribution in [0.2, 0.25) is 5.02 Å². The third-order valence-corrected chi connectivity index (χ3v) is 4.09. The van der Waals surface area contributed by atoms with Gasteiger partial charge >= 0.3 is 6.03 Å². The van der Waals surface area contributed by atoms with Crippen LogP contribution in [0.3, 0.4) is 0 Å². The molecule has 0 spiro atoms. The number of piperazine rings is 1. The summed E-state index contributed by atoms with van der Waals surface area (Å²) in [6, 6.07) is 3.66. The van der Waals surface area contributed by atoms with Gasteiger partial charge in [0, 0.05) is 54.4 Å². The molecule has 2 aliphatic heterocycles. The fourth-order valence-corrected chi connectivity index (χ4v) is 3.09. The predicted molar refractivity (Wildman–Crippen MR) is 79.9 cm³/mol. The highest BCUT2D eigenvalue weighted by Crippen LogP contribution is 2.31. The summed E-state index contributed by atoms with van der Waals surface area (Å²) < 4.78 is 0. The van der Waals surface area contributed by atoms with Crippen molar-refractivity contribution >= 4 is 35.2 Å². The molecule has 2 saturated heterocycles. The molecule has 1 unspecified atom stereocenters. The Bertz CT molecular complexity index is 576. The van der Waals surface area contributed by atoms with Crippen LogP contribution in [-0.4, -0.2) is 49.4 Å². The van der Waals surface area contributed by atoms with Gasteiger partial charge in [0.15, 0.2) is 0 Å². The summed E-state index contributed by atoms with van der Waals surface area (Å²) >= 11 is 6.07. The fraction of sp³-hybridized carbons (Fsp3) is 0.385. The fourth-order valence-electron chi connectivity index (χ4n) is 2.87. The van der Waals surface area contributed by atoms with Gasteiger partial charge in [-0.2, -0.15) is 0 Å². The molecule has 2 aliphatic rings. The summed E-state index contributed by atoms with van der Waals surface area (Å²) in [5, 5.41) is 11.0. The molecule has 20 heavy (non-hydrogen) atoms. The summed E-state index contributed by atoms with van der Waals surface area (Å²) in [6.07, 6.45) is 1.26. The Kier molecular flexibility index (Phi) is 3.17. The molecule has 1 aromatic rings. The molecule has 0 radical (unpaired) electrons. The van der Waals surface area contributed by atoms with Crippen molar-refractivity contribution in [3.8, 4) is 0 Å². The van der Waals surface area contributed by atoms with Gasteiger partial charge in [0.05, 0.1) is 6.04 Å². The van der Waals surface area contributed by atoms with Gasteiger partial charge in [-0.15, -0.1) is 0 Å². The van der Waals surface area contributed by atoms with E-state index in [0.717, 1.165) is 12.2 Å². The van der Waals surface area contributed by atoms with Crippen LogP contribution in [0.5, 0.6) is 0 Å². The largest absolute Gasteiger partial charge is 0.398 e. The Hall–Kier alpha value is -1.95. The van der Waals surface area contributed by atoms with E-state index < -0.39 is 0 Å². The summed E-state index contributed by atoms with van der Waals surface area (Å²) in [5.74, 6) is 0. The summed E-state index contributed by atoms with van der Waals surface area (Å²) in [4.78, 5) is 15.6. The standard InChI is InChI=1S/C13H16ClN5O/c14-8-3-11(16)10(5-15)12(4-8)18-1-2-19-9(7-18)6-17-13(19)20/h3-5,9,15H,1-2,6-7,16H2,(H,17,20). The minimum Gasteiger partial charge on any atom is -0.398 e. The van der Waals surface area contributed by atoms with Crippen molar-refractivity contribution in [2.24, 2.45) is 0 Å². The van der Waals surface area contributed by atoms with E-state index in [1.165, 1.54) is 6.21 Å². The van der Waals surface area contributed by atoms with Crippen LogP contribution in [0.1, 0.15) is 5.56 Å². The highest BCUT2D eigenvalue weighted by atomic mass is 35.5. The molecular formula is C13H16ClN5O. The molecule has 2 heterocycles. The molecule has 106 valence electrons. The van der Waals surface area contributed by atoms with E-state index in [9.17, 15) is 4.79 Å². The maximum Gasteiger partial charge on any atom is 0.317 e. The van der Waals surface area contributed by atoms with Gasteiger partial charge in [-0.3, -0.25) is 0 Å². The molecule has 1 aromatic carbocycles. The van der Waals surface area contributed by atoms with Crippen LogP contribution < -0.4 is 16.0 Å². The number of anilines is 2. The number of nitrogens with two attached hydrogens (primary N) is 1. The van der Waals surface area contributed by atoms with Crippen molar-refractivity contribution in [2.45, 2.75) is 6.04 Å². The number of rotatable bonds is 2. The first kappa shape index (κ1) is 13.1. The molecule has 2 amide bonds. The number of benzene rings is 1. The van der Waals surface area contributed by atoms with E-state index in [4.69, 9.17) is 22.7 Å². The van der Waals surface area contributed by atoms with Gasteiger partial charge in [-0.1, -0.05) is 11.6 Å². The van der Waals surface area contributed by atoms with Crippen LogP contribution in [0, 0.1) is 5.41 Å². The van der Waals surface area contributed by atoms with Crippen molar-refractivity contribution in [1.82, 2.24) is 10.2 Å². The number of halogens is 1. The van der Waals surface area contributed by atoms with Crippen molar-refractivity contribution < 1.29 is 4.79 Å². The second-order valence-corrected chi connectivity index (χ2v) is 5.49. The molecule has 0 aliphatic carbocycles. The van der Waals surface area contributed by atoms with Gasteiger partial charge in [-0.05, 0) is 12.1 Å². The molecule has 4 N–H and O–H groups in total. The van der Waals surface area contributed by atoms with Crippen LogP contribution >= 0.6 is 11.6 Å². The monoisotopic (exact) mass is 293 g/mol. The highest BCUT2D eigenvalue weighted by Gasteiger charge is 2.36. The van der Waals surface area contributed by atoms with Crippen LogP contribution in [-0.2, 0) is 0 Å². The minimum absolute atomic E-state index is 0.00698. The van der Waals surface area contributed by atoms with E-state index in [0.29, 0.717) is 35.9 Å². The number of amides is 2. The summed E-state index contributed by atoms with van der Waals surface area (Å²) in [6.45, 7) is 2.76. The molecule has 2 fully saturated rings. The SMILES string of the molecule is N=Cc1c(N)cc(Cl)cc1N1CCN2C(=O)NCC2C1. The summed E-state index contributed by atoms with van der Waals surface area (Å²) in [5.41, 5.74) is 7.98. The average molecular weight is 294 g/mol. The lowest BCUT2D eigenvalue weighted by atomic mass is 10.1. The first-order valence-corrected chi connectivity index (χ1v) is 6.87. The third-order valence-electron chi connectivity index (χ3n) is 3.87. The smallest absolute Gasteiger partial charge is 0.317 e. The van der Waals surface area contributed by atoms with Crippen molar-refractivity contribution in [1.29, 1.82) is 5.41 Å². The molecule has 3 rings (SSSR count). The second kappa shape index (κ2) is 4.86. The first-order valence-electron chi connectivity index (χ1n) is 6.49. The van der Waals surface area contributed by atoms with Crippen LogP contribution in [0.15, 0.2) is 12.1 Å². The number of nitrogens with one attached hydrogen (secondary N) is 2. The van der Waals surface area contributed by atoms with Gasteiger partial charge in [0.1, 0.15) is 0 Å². The van der Waals surface area contributed by atoms with Gasteiger partial charge in [0.2, 0.25) is 0 Å². The maximum absolute atomic E-state index is 11.6. The van der Waals surface area contributed by atoms with Crippen LogP contribution in [0.25, 0.3) is 0 Å². The zero-order chi connectivity index (χ0) is 14.3. The Morgan fingerprint density at radius 1 is 1.45 bits per heavy atom. The van der Waals surface area contributed by atoms with Crippen molar-refractivity contribution in [2.75, 3.05) is 36.8 Å². The van der Waals surface area contributed by atoms with E-state index >= 15 is 0 Å². The summed E-state index contributed by atoms with van der Waals surface area (Å²) in [7, 11) is 0. The van der Waals surface area contributed by atoms with Gasteiger partial charge in [0.25, 0.3) is 0 Å². The number of nitrogen functional groups attached to an aromatic ring is 1.